The van der Waals surface area contributed by atoms with Crippen LogP contribution in [-0.2, 0) is 9.59 Å². The van der Waals surface area contributed by atoms with Gasteiger partial charge in [0.2, 0.25) is 11.8 Å². The van der Waals surface area contributed by atoms with Crippen molar-refractivity contribution in [2.24, 2.45) is 0 Å². The van der Waals surface area contributed by atoms with Crippen molar-refractivity contribution < 1.29 is 9.59 Å². The van der Waals surface area contributed by atoms with Crippen LogP contribution in [0.2, 0.25) is 10.0 Å². The Morgan fingerprint density at radius 2 is 2.09 bits per heavy atom. The van der Waals surface area contributed by atoms with Gasteiger partial charge in [-0.15, -0.1) is 0 Å². The first kappa shape index (κ1) is 15.6. The Kier molecular flexibility index (Phi) is 4.57. The van der Waals surface area contributed by atoms with E-state index in [-0.39, 0.29) is 17.9 Å². The number of amides is 2. The Labute approximate surface area is 138 Å². The molecule has 2 fully saturated rings. The molecule has 0 aromatic heterocycles. The van der Waals surface area contributed by atoms with Gasteiger partial charge in [-0.25, -0.2) is 0 Å². The predicted octanol–water partition coefficient (Wildman–Crippen LogP) is 1.97. The summed E-state index contributed by atoms with van der Waals surface area (Å²) in [5.41, 5.74) is 0.704. The SMILES string of the molecule is O=C(N[C@H]1CCN(c2ccc(Cl)c(Cl)c2)C1=O)[C@@H]1CCCN1. The summed E-state index contributed by atoms with van der Waals surface area (Å²) in [6, 6.07) is 4.46. The summed E-state index contributed by atoms with van der Waals surface area (Å²) >= 11 is 11.9. The van der Waals surface area contributed by atoms with Gasteiger partial charge < -0.3 is 15.5 Å². The van der Waals surface area contributed by atoms with Crippen LogP contribution in [0.4, 0.5) is 5.69 Å². The normalized spacial score (nSPS) is 24.8. The minimum Gasteiger partial charge on any atom is -0.343 e. The second kappa shape index (κ2) is 6.44. The number of carbonyl (C=O) groups excluding carboxylic acids is 2. The molecule has 2 saturated heterocycles. The summed E-state index contributed by atoms with van der Waals surface area (Å²) in [4.78, 5) is 26.2. The number of anilines is 1. The minimum atomic E-state index is -0.468. The van der Waals surface area contributed by atoms with E-state index in [4.69, 9.17) is 23.2 Å². The van der Waals surface area contributed by atoms with Gasteiger partial charge in [0, 0.05) is 12.2 Å². The molecule has 2 aliphatic heterocycles. The van der Waals surface area contributed by atoms with Crippen molar-refractivity contribution in [3.63, 3.8) is 0 Å². The number of hydrogen-bond donors (Lipinski definition) is 2. The highest BCUT2D eigenvalue weighted by atomic mass is 35.5. The zero-order chi connectivity index (χ0) is 15.7. The summed E-state index contributed by atoms with van der Waals surface area (Å²) in [6.07, 6.45) is 2.41. The lowest BCUT2D eigenvalue weighted by Crippen LogP contribution is -2.48. The van der Waals surface area contributed by atoms with Crippen LogP contribution in [0.5, 0.6) is 0 Å². The van der Waals surface area contributed by atoms with Crippen molar-refractivity contribution in [3.8, 4) is 0 Å². The van der Waals surface area contributed by atoms with Gasteiger partial charge in [0.1, 0.15) is 6.04 Å². The van der Waals surface area contributed by atoms with Crippen molar-refractivity contribution in [2.45, 2.75) is 31.3 Å². The maximum Gasteiger partial charge on any atom is 0.249 e. The second-order valence-corrected chi connectivity index (χ2v) is 6.40. The Bertz CT molecular complexity index is 602. The molecule has 1 aromatic carbocycles. The van der Waals surface area contributed by atoms with E-state index in [0.29, 0.717) is 28.7 Å². The fraction of sp³-hybridized carbons (Fsp3) is 0.467. The molecular formula is C15H17Cl2N3O2. The molecule has 0 unspecified atom stereocenters. The number of carbonyl (C=O) groups is 2. The first-order chi connectivity index (χ1) is 10.6. The molecule has 2 heterocycles. The van der Waals surface area contributed by atoms with Crippen LogP contribution in [-0.4, -0.2) is 37.0 Å². The second-order valence-electron chi connectivity index (χ2n) is 5.59. The van der Waals surface area contributed by atoms with E-state index in [1.165, 1.54) is 0 Å². The predicted molar refractivity (Wildman–Crippen MR) is 86.4 cm³/mol. The molecule has 7 heteroatoms. The topological polar surface area (TPSA) is 61.4 Å². The van der Waals surface area contributed by atoms with E-state index in [0.717, 1.165) is 19.4 Å². The highest BCUT2D eigenvalue weighted by molar-refractivity contribution is 6.42. The van der Waals surface area contributed by atoms with Gasteiger partial charge >= 0.3 is 0 Å². The molecule has 1 aromatic rings. The van der Waals surface area contributed by atoms with Gasteiger partial charge in [-0.05, 0) is 44.0 Å². The number of benzene rings is 1. The van der Waals surface area contributed by atoms with Crippen molar-refractivity contribution in [1.82, 2.24) is 10.6 Å². The molecule has 22 heavy (non-hydrogen) atoms. The maximum atomic E-state index is 12.5. The van der Waals surface area contributed by atoms with Gasteiger partial charge in [-0.1, -0.05) is 23.2 Å². The van der Waals surface area contributed by atoms with Crippen LogP contribution >= 0.6 is 23.2 Å². The summed E-state index contributed by atoms with van der Waals surface area (Å²) in [6.45, 7) is 1.41. The number of rotatable bonds is 3. The van der Waals surface area contributed by atoms with Gasteiger partial charge in [0.15, 0.2) is 0 Å². The third-order valence-corrected chi connectivity index (χ3v) is 4.85. The lowest BCUT2D eigenvalue weighted by atomic mass is 10.2. The zero-order valence-corrected chi connectivity index (χ0v) is 13.5. The standard InChI is InChI=1S/C15H17Cl2N3O2/c16-10-4-3-9(8-11(10)17)20-7-5-13(15(20)22)19-14(21)12-2-1-6-18-12/h3-4,8,12-13,18H,1-2,5-7H2,(H,19,21)/t12-,13-/m0/s1. The molecule has 0 aliphatic carbocycles. The van der Waals surface area contributed by atoms with Gasteiger partial charge in [0.25, 0.3) is 0 Å². The fourth-order valence-electron chi connectivity index (χ4n) is 2.90. The third kappa shape index (κ3) is 3.07. The van der Waals surface area contributed by atoms with E-state index >= 15 is 0 Å². The minimum absolute atomic E-state index is 0.0909. The van der Waals surface area contributed by atoms with Crippen LogP contribution in [0.1, 0.15) is 19.3 Å². The number of hydrogen-bond acceptors (Lipinski definition) is 3. The van der Waals surface area contributed by atoms with Crippen LogP contribution in [0.15, 0.2) is 18.2 Å². The fourth-order valence-corrected chi connectivity index (χ4v) is 3.20. The summed E-state index contributed by atoms with van der Waals surface area (Å²) in [5.74, 6) is -0.198. The van der Waals surface area contributed by atoms with E-state index in [2.05, 4.69) is 10.6 Å². The summed E-state index contributed by atoms with van der Waals surface area (Å²) in [5, 5.41) is 6.84. The first-order valence-corrected chi connectivity index (χ1v) is 8.12. The molecule has 5 nitrogen and oxygen atoms in total. The highest BCUT2D eigenvalue weighted by Gasteiger charge is 2.35. The Balaban J connectivity index is 1.66. The molecule has 2 amide bonds. The zero-order valence-electron chi connectivity index (χ0n) is 11.9. The first-order valence-electron chi connectivity index (χ1n) is 7.36. The lowest BCUT2D eigenvalue weighted by Gasteiger charge is -2.19. The summed E-state index contributed by atoms with van der Waals surface area (Å²) < 4.78 is 0. The molecule has 118 valence electrons. The highest BCUT2D eigenvalue weighted by Crippen LogP contribution is 2.29. The monoisotopic (exact) mass is 341 g/mol. The van der Waals surface area contributed by atoms with Crippen molar-refractivity contribution >= 4 is 40.7 Å². The van der Waals surface area contributed by atoms with Crippen LogP contribution in [0, 0.1) is 0 Å². The van der Waals surface area contributed by atoms with Crippen molar-refractivity contribution in [1.29, 1.82) is 0 Å². The van der Waals surface area contributed by atoms with Gasteiger partial charge in [-0.3, -0.25) is 9.59 Å². The molecular weight excluding hydrogens is 325 g/mol. The molecule has 3 rings (SSSR count). The van der Waals surface area contributed by atoms with Crippen LogP contribution in [0.25, 0.3) is 0 Å². The lowest BCUT2D eigenvalue weighted by molar-refractivity contribution is -0.127. The van der Waals surface area contributed by atoms with Crippen molar-refractivity contribution in [3.05, 3.63) is 28.2 Å². The van der Waals surface area contributed by atoms with Crippen LogP contribution in [0.3, 0.4) is 0 Å². The van der Waals surface area contributed by atoms with Crippen LogP contribution < -0.4 is 15.5 Å². The number of nitrogens with zero attached hydrogens (tertiary/aromatic N) is 1. The maximum absolute atomic E-state index is 12.5. The van der Waals surface area contributed by atoms with Gasteiger partial charge in [0.05, 0.1) is 16.1 Å². The smallest absolute Gasteiger partial charge is 0.249 e. The molecule has 2 N–H and O–H groups in total. The van der Waals surface area contributed by atoms with E-state index in [1.807, 2.05) is 0 Å². The molecule has 0 radical (unpaired) electrons. The molecule has 2 atom stereocenters. The quantitative estimate of drug-likeness (QED) is 0.883. The third-order valence-electron chi connectivity index (χ3n) is 4.11. The Morgan fingerprint density at radius 3 is 2.77 bits per heavy atom. The molecule has 0 bridgehead atoms. The summed E-state index contributed by atoms with van der Waals surface area (Å²) in [7, 11) is 0. The average Bonchev–Trinajstić information content (AvgIpc) is 3.13. The number of halogens is 2. The molecule has 0 saturated carbocycles. The average molecular weight is 342 g/mol. The Hall–Kier alpha value is -1.30. The van der Waals surface area contributed by atoms with Crippen molar-refractivity contribution in [2.75, 3.05) is 18.0 Å². The Morgan fingerprint density at radius 1 is 1.27 bits per heavy atom. The van der Waals surface area contributed by atoms with E-state index < -0.39 is 6.04 Å². The molecule has 2 aliphatic rings. The van der Waals surface area contributed by atoms with E-state index in [1.54, 1.807) is 23.1 Å². The van der Waals surface area contributed by atoms with Gasteiger partial charge in [-0.2, -0.15) is 0 Å². The largest absolute Gasteiger partial charge is 0.343 e. The van der Waals surface area contributed by atoms with E-state index in [9.17, 15) is 9.59 Å². The number of nitrogens with one attached hydrogen (secondary N) is 2. The molecule has 0 spiro atoms.